The number of methoxy groups -OCH3 is 1. The second-order valence-electron chi connectivity index (χ2n) is 5.23. The van der Waals surface area contributed by atoms with E-state index in [2.05, 4.69) is 21.2 Å². The van der Waals surface area contributed by atoms with E-state index in [1.165, 1.54) is 7.11 Å². The van der Waals surface area contributed by atoms with Crippen molar-refractivity contribution in [2.75, 3.05) is 18.2 Å². The molecular weight excluding hydrogens is 360 g/mol. The molecule has 0 aromatic heterocycles. The average Bonchev–Trinajstić information content (AvgIpc) is 2.49. The molecular formula is C17H19BrN2O3. The maximum Gasteiger partial charge on any atom is 0.255 e. The molecule has 122 valence electrons. The molecule has 2 rings (SSSR count). The lowest BCUT2D eigenvalue weighted by Crippen LogP contribution is -2.14. The molecule has 3 N–H and O–H groups in total. The minimum absolute atomic E-state index is 0.0413. The number of hydrogen-bond donors (Lipinski definition) is 2. The van der Waals surface area contributed by atoms with Crippen LogP contribution in [0.1, 0.15) is 24.2 Å². The SMILES string of the molecule is COc1cc(N)cc(Br)c1NC(=O)c1cccc(OC(C)C)c1. The van der Waals surface area contributed by atoms with E-state index < -0.39 is 0 Å². The van der Waals surface area contributed by atoms with Crippen molar-refractivity contribution in [3.8, 4) is 11.5 Å². The van der Waals surface area contributed by atoms with Crippen molar-refractivity contribution in [1.82, 2.24) is 0 Å². The van der Waals surface area contributed by atoms with E-state index in [4.69, 9.17) is 15.2 Å². The van der Waals surface area contributed by atoms with E-state index in [1.807, 2.05) is 19.9 Å². The lowest BCUT2D eigenvalue weighted by molar-refractivity contribution is 0.102. The highest BCUT2D eigenvalue weighted by molar-refractivity contribution is 9.10. The largest absolute Gasteiger partial charge is 0.494 e. The second kappa shape index (κ2) is 7.37. The van der Waals surface area contributed by atoms with Crippen molar-refractivity contribution in [2.24, 2.45) is 0 Å². The first kappa shape index (κ1) is 17.1. The number of ether oxygens (including phenoxy) is 2. The van der Waals surface area contributed by atoms with Gasteiger partial charge in [-0.2, -0.15) is 0 Å². The number of nitrogens with one attached hydrogen (secondary N) is 1. The standard InChI is InChI=1S/C17H19BrN2O3/c1-10(2)23-13-6-4-5-11(7-13)17(21)20-16-14(18)8-12(19)9-15(16)22-3/h4-10H,19H2,1-3H3,(H,20,21). The van der Waals surface area contributed by atoms with Crippen LogP contribution in [0.2, 0.25) is 0 Å². The maximum absolute atomic E-state index is 12.5. The van der Waals surface area contributed by atoms with Crippen LogP contribution in [0, 0.1) is 0 Å². The van der Waals surface area contributed by atoms with Crippen molar-refractivity contribution in [1.29, 1.82) is 0 Å². The highest BCUT2D eigenvalue weighted by Gasteiger charge is 2.14. The minimum atomic E-state index is -0.261. The van der Waals surface area contributed by atoms with Crippen LogP contribution >= 0.6 is 15.9 Å². The minimum Gasteiger partial charge on any atom is -0.494 e. The van der Waals surface area contributed by atoms with Crippen LogP contribution in [-0.2, 0) is 0 Å². The fraction of sp³-hybridized carbons (Fsp3) is 0.235. The molecule has 5 nitrogen and oxygen atoms in total. The Bertz CT molecular complexity index is 717. The van der Waals surface area contributed by atoms with Gasteiger partial charge in [-0.3, -0.25) is 4.79 Å². The van der Waals surface area contributed by atoms with Gasteiger partial charge in [-0.25, -0.2) is 0 Å². The average molecular weight is 379 g/mol. The Morgan fingerprint density at radius 3 is 2.65 bits per heavy atom. The second-order valence-corrected chi connectivity index (χ2v) is 6.08. The van der Waals surface area contributed by atoms with Crippen LogP contribution in [0.3, 0.4) is 0 Å². The summed E-state index contributed by atoms with van der Waals surface area (Å²) >= 11 is 3.39. The van der Waals surface area contributed by atoms with Crippen molar-refractivity contribution in [2.45, 2.75) is 20.0 Å². The van der Waals surface area contributed by atoms with Crippen LogP contribution in [0.4, 0.5) is 11.4 Å². The Balaban J connectivity index is 2.26. The number of hydrogen-bond acceptors (Lipinski definition) is 4. The van der Waals surface area contributed by atoms with E-state index in [9.17, 15) is 4.79 Å². The number of benzene rings is 2. The van der Waals surface area contributed by atoms with Gasteiger partial charge in [0.1, 0.15) is 11.5 Å². The summed E-state index contributed by atoms with van der Waals surface area (Å²) in [4.78, 5) is 12.5. The highest BCUT2D eigenvalue weighted by atomic mass is 79.9. The van der Waals surface area contributed by atoms with Crippen LogP contribution in [0.5, 0.6) is 11.5 Å². The zero-order valence-corrected chi connectivity index (χ0v) is 14.8. The zero-order valence-electron chi connectivity index (χ0n) is 13.2. The predicted octanol–water partition coefficient (Wildman–Crippen LogP) is 4.08. The summed E-state index contributed by atoms with van der Waals surface area (Å²) in [5.41, 5.74) is 7.34. The topological polar surface area (TPSA) is 73.6 Å². The molecule has 0 unspecified atom stereocenters. The molecule has 0 atom stereocenters. The molecule has 2 aromatic carbocycles. The molecule has 0 bridgehead atoms. The molecule has 0 radical (unpaired) electrons. The van der Waals surface area contributed by atoms with E-state index in [0.29, 0.717) is 32.9 Å². The third-order valence-electron chi connectivity index (χ3n) is 3.00. The molecule has 0 saturated heterocycles. The maximum atomic E-state index is 12.5. The third-order valence-corrected chi connectivity index (χ3v) is 3.63. The fourth-order valence-corrected chi connectivity index (χ4v) is 2.61. The lowest BCUT2D eigenvalue weighted by atomic mass is 10.2. The number of rotatable bonds is 5. The van der Waals surface area contributed by atoms with Gasteiger partial charge in [0, 0.05) is 21.8 Å². The first-order chi connectivity index (χ1) is 10.9. The number of amides is 1. The zero-order chi connectivity index (χ0) is 17.0. The van der Waals surface area contributed by atoms with Gasteiger partial charge in [-0.15, -0.1) is 0 Å². The Morgan fingerprint density at radius 1 is 1.26 bits per heavy atom. The predicted molar refractivity (Wildman–Crippen MR) is 95.3 cm³/mol. The summed E-state index contributed by atoms with van der Waals surface area (Å²) in [5.74, 6) is 0.874. The number of carbonyl (C=O) groups is 1. The summed E-state index contributed by atoms with van der Waals surface area (Å²) in [6.07, 6.45) is 0.0413. The van der Waals surface area contributed by atoms with Gasteiger partial charge in [0.25, 0.3) is 5.91 Å². The summed E-state index contributed by atoms with van der Waals surface area (Å²) in [6, 6.07) is 10.4. The molecule has 1 amide bonds. The van der Waals surface area contributed by atoms with Crippen LogP contribution in [0.25, 0.3) is 0 Å². The third kappa shape index (κ3) is 4.39. The van der Waals surface area contributed by atoms with Gasteiger partial charge in [0.2, 0.25) is 0 Å². The molecule has 2 aromatic rings. The monoisotopic (exact) mass is 378 g/mol. The molecule has 6 heteroatoms. The number of nitrogens with two attached hydrogens (primary N) is 1. The molecule has 0 heterocycles. The number of nitrogen functional groups attached to an aromatic ring is 1. The lowest BCUT2D eigenvalue weighted by Gasteiger charge is -2.14. The van der Waals surface area contributed by atoms with Crippen molar-refractivity contribution < 1.29 is 14.3 Å². The van der Waals surface area contributed by atoms with Crippen LogP contribution in [0.15, 0.2) is 40.9 Å². The quantitative estimate of drug-likeness (QED) is 0.768. The van der Waals surface area contributed by atoms with Crippen LogP contribution in [-0.4, -0.2) is 19.1 Å². The molecule has 0 aliphatic carbocycles. The number of carbonyl (C=O) groups excluding carboxylic acids is 1. The molecule has 0 aliphatic heterocycles. The van der Waals surface area contributed by atoms with E-state index >= 15 is 0 Å². The number of anilines is 2. The molecule has 23 heavy (non-hydrogen) atoms. The smallest absolute Gasteiger partial charge is 0.255 e. The molecule has 0 fully saturated rings. The van der Waals surface area contributed by atoms with Gasteiger partial charge in [-0.05, 0) is 54.0 Å². The molecule has 0 saturated carbocycles. The summed E-state index contributed by atoms with van der Waals surface area (Å²) in [7, 11) is 1.52. The van der Waals surface area contributed by atoms with Gasteiger partial charge < -0.3 is 20.5 Å². The van der Waals surface area contributed by atoms with Gasteiger partial charge in [0.15, 0.2) is 0 Å². The highest BCUT2D eigenvalue weighted by Crippen LogP contribution is 2.35. The van der Waals surface area contributed by atoms with Gasteiger partial charge in [-0.1, -0.05) is 6.07 Å². The van der Waals surface area contributed by atoms with E-state index in [1.54, 1.807) is 30.3 Å². The summed E-state index contributed by atoms with van der Waals surface area (Å²) in [5, 5.41) is 2.83. The Morgan fingerprint density at radius 2 is 2.00 bits per heavy atom. The van der Waals surface area contributed by atoms with Gasteiger partial charge in [0.05, 0.1) is 18.9 Å². The van der Waals surface area contributed by atoms with E-state index in [-0.39, 0.29) is 12.0 Å². The Labute approximate surface area is 143 Å². The Hall–Kier alpha value is -2.21. The van der Waals surface area contributed by atoms with Gasteiger partial charge >= 0.3 is 0 Å². The van der Waals surface area contributed by atoms with Crippen molar-refractivity contribution >= 4 is 33.2 Å². The summed E-state index contributed by atoms with van der Waals surface area (Å²) < 4.78 is 11.5. The fourth-order valence-electron chi connectivity index (χ4n) is 2.05. The van der Waals surface area contributed by atoms with Crippen molar-refractivity contribution in [3.05, 3.63) is 46.4 Å². The summed E-state index contributed by atoms with van der Waals surface area (Å²) in [6.45, 7) is 3.87. The first-order valence-corrected chi connectivity index (χ1v) is 7.91. The normalized spacial score (nSPS) is 10.5. The van der Waals surface area contributed by atoms with Crippen molar-refractivity contribution in [3.63, 3.8) is 0 Å². The molecule has 0 aliphatic rings. The van der Waals surface area contributed by atoms with E-state index in [0.717, 1.165) is 0 Å². The first-order valence-electron chi connectivity index (χ1n) is 7.11. The molecule has 0 spiro atoms. The van der Waals surface area contributed by atoms with Crippen LogP contribution < -0.4 is 20.5 Å². The Kier molecular flexibility index (Phi) is 5.50. The number of halogens is 1.